The molecule has 0 unspecified atom stereocenters. The summed E-state index contributed by atoms with van der Waals surface area (Å²) in [6.45, 7) is 0.239. The quantitative estimate of drug-likeness (QED) is 0.364. The Kier molecular flexibility index (Phi) is 7.24. The number of hydrogen-bond donors (Lipinski definition) is 5. The second-order valence-corrected chi connectivity index (χ2v) is 5.26. The molecule has 0 aliphatic heterocycles. The first kappa shape index (κ1) is 20.3. The Morgan fingerprint density at radius 3 is 2.72 bits per heavy atom. The average Bonchev–Trinajstić information content (AvgIpc) is 2.54. The molecule has 0 aliphatic rings. The highest BCUT2D eigenvalue weighted by Crippen LogP contribution is 2.20. The van der Waals surface area contributed by atoms with Gasteiger partial charge in [-0.15, -0.1) is 0 Å². The van der Waals surface area contributed by atoms with Gasteiger partial charge in [0.05, 0.1) is 17.9 Å². The van der Waals surface area contributed by atoms with Crippen molar-refractivity contribution < 1.29 is 18.7 Å². The summed E-state index contributed by atoms with van der Waals surface area (Å²) < 4.78 is 25.2. The molecule has 1 aromatic heterocycles. The van der Waals surface area contributed by atoms with Gasteiger partial charge >= 0.3 is 0 Å². The lowest BCUT2D eigenvalue weighted by Gasteiger charge is -2.24. The second kappa shape index (κ2) is 8.92. The van der Waals surface area contributed by atoms with E-state index in [1.54, 1.807) is 0 Å². The number of nitrogens with one attached hydrogen (secondary N) is 3. The van der Waals surface area contributed by atoms with Crippen LogP contribution in [-0.2, 0) is 0 Å². The largest absolute Gasteiger partial charge is 0.492 e. The van der Waals surface area contributed by atoms with Gasteiger partial charge in [-0.2, -0.15) is 0 Å². The number of nitrogens with zero attached hydrogens (tertiary/aromatic N) is 2. The van der Waals surface area contributed by atoms with Crippen LogP contribution in [0.4, 0.5) is 8.78 Å². The molecular formula is C14H17ClF2N6O2. The molecule has 8 nitrogen and oxygen atoms in total. The summed E-state index contributed by atoms with van der Waals surface area (Å²) in [7, 11) is 0. The summed E-state index contributed by atoms with van der Waals surface area (Å²) in [6, 6.07) is 1.20. The number of amidine groups is 1. The molecule has 0 aliphatic carbocycles. The lowest BCUT2D eigenvalue weighted by Crippen LogP contribution is -2.38. The lowest BCUT2D eigenvalue weighted by atomic mass is 10.2. The van der Waals surface area contributed by atoms with Crippen molar-refractivity contribution in [3.8, 4) is 5.88 Å². The fourth-order valence-electron chi connectivity index (χ4n) is 1.78. The molecule has 25 heavy (non-hydrogen) atoms. The van der Waals surface area contributed by atoms with E-state index in [2.05, 4.69) is 10.3 Å². The van der Waals surface area contributed by atoms with Crippen molar-refractivity contribution in [2.75, 3.05) is 13.1 Å². The smallest absolute Gasteiger partial charge is 0.256 e. The molecule has 1 rings (SSSR count). The molecule has 0 radical (unpaired) electrons. The highest BCUT2D eigenvalue weighted by atomic mass is 35.5. The van der Waals surface area contributed by atoms with Crippen molar-refractivity contribution in [3.63, 3.8) is 0 Å². The fraction of sp³-hybridized carbons (Fsp3) is 0.286. The van der Waals surface area contributed by atoms with Gasteiger partial charge in [-0.1, -0.05) is 11.6 Å². The molecule has 6 N–H and O–H groups in total. The minimum atomic E-state index is -2.73. The van der Waals surface area contributed by atoms with E-state index in [1.165, 1.54) is 13.0 Å². The third-order valence-electron chi connectivity index (χ3n) is 3.04. The monoisotopic (exact) mass is 374 g/mol. The topological polar surface area (TPSA) is 139 Å². The number of aromatic hydroxyl groups is 1. The molecule has 1 heterocycles. The summed E-state index contributed by atoms with van der Waals surface area (Å²) in [5.41, 5.74) is 5.85. The van der Waals surface area contributed by atoms with E-state index in [4.69, 9.17) is 28.2 Å². The van der Waals surface area contributed by atoms with Gasteiger partial charge < -0.3 is 26.5 Å². The van der Waals surface area contributed by atoms with Crippen LogP contribution in [0.5, 0.6) is 5.88 Å². The Morgan fingerprint density at radius 2 is 2.24 bits per heavy atom. The Labute approximate surface area is 147 Å². The molecule has 0 atom stereocenters. The predicted molar refractivity (Wildman–Crippen MR) is 89.4 cm³/mol. The van der Waals surface area contributed by atoms with Gasteiger partial charge in [0.25, 0.3) is 12.3 Å². The first-order chi connectivity index (χ1) is 11.7. The highest BCUT2D eigenvalue weighted by molar-refractivity contribution is 6.32. The number of aromatic nitrogens is 1. The van der Waals surface area contributed by atoms with Gasteiger partial charge in [0.1, 0.15) is 10.8 Å². The Hall–Kier alpha value is -2.75. The number of hydrogen-bond acceptors (Lipinski definition) is 6. The molecular weight excluding hydrogens is 358 g/mol. The Morgan fingerprint density at radius 1 is 1.60 bits per heavy atom. The summed E-state index contributed by atoms with van der Waals surface area (Å²) in [5, 5.41) is 26.4. The maximum Gasteiger partial charge on any atom is 0.256 e. The van der Waals surface area contributed by atoms with Crippen LogP contribution in [0.3, 0.4) is 0 Å². The van der Waals surface area contributed by atoms with E-state index in [1.807, 2.05) is 0 Å². The van der Waals surface area contributed by atoms with Gasteiger partial charge in [-0.05, 0) is 13.0 Å². The van der Waals surface area contributed by atoms with Crippen molar-refractivity contribution in [3.05, 3.63) is 34.2 Å². The Balaban J connectivity index is 2.92. The maximum atomic E-state index is 12.6. The molecule has 0 spiro atoms. The van der Waals surface area contributed by atoms with Crippen molar-refractivity contribution in [1.29, 1.82) is 10.8 Å². The zero-order chi connectivity index (χ0) is 19.1. The van der Waals surface area contributed by atoms with Crippen LogP contribution in [0.1, 0.15) is 17.3 Å². The molecule has 1 aromatic rings. The third kappa shape index (κ3) is 5.68. The number of carbonyl (C=O) groups is 1. The summed E-state index contributed by atoms with van der Waals surface area (Å²) in [6.07, 6.45) is -0.830. The maximum absolute atomic E-state index is 12.6. The van der Waals surface area contributed by atoms with E-state index in [9.17, 15) is 18.7 Å². The molecule has 0 fully saturated rings. The lowest BCUT2D eigenvalue weighted by molar-refractivity contribution is 0.0956. The van der Waals surface area contributed by atoms with Crippen LogP contribution < -0.4 is 11.1 Å². The zero-order valence-electron chi connectivity index (χ0n) is 13.2. The fourth-order valence-corrected chi connectivity index (χ4v) is 1.94. The average molecular weight is 375 g/mol. The number of pyridine rings is 1. The van der Waals surface area contributed by atoms with Crippen LogP contribution in [0.15, 0.2) is 23.7 Å². The predicted octanol–water partition coefficient (Wildman–Crippen LogP) is 1.55. The number of carbonyl (C=O) groups excluding carboxylic acids is 1. The molecule has 1 amide bonds. The van der Waals surface area contributed by atoms with Crippen LogP contribution in [0, 0.1) is 10.8 Å². The molecule has 0 aromatic carbocycles. The van der Waals surface area contributed by atoms with E-state index in [-0.39, 0.29) is 34.4 Å². The van der Waals surface area contributed by atoms with Gasteiger partial charge in [0.2, 0.25) is 5.88 Å². The normalized spacial score (nSPS) is 11.7. The summed E-state index contributed by atoms with van der Waals surface area (Å²) >= 11 is 5.66. The molecule has 11 heteroatoms. The summed E-state index contributed by atoms with van der Waals surface area (Å²) in [4.78, 5) is 16.4. The van der Waals surface area contributed by atoms with Crippen molar-refractivity contribution in [2.24, 2.45) is 5.73 Å². The number of alkyl halides is 2. The number of halogens is 3. The van der Waals surface area contributed by atoms with Gasteiger partial charge in [0.15, 0.2) is 0 Å². The first-order valence-electron chi connectivity index (χ1n) is 6.90. The summed E-state index contributed by atoms with van der Waals surface area (Å²) in [5.74, 6) is -1.50. The van der Waals surface area contributed by atoms with Gasteiger partial charge in [0, 0.05) is 24.5 Å². The van der Waals surface area contributed by atoms with Gasteiger partial charge in [-0.25, -0.2) is 13.8 Å². The highest BCUT2D eigenvalue weighted by Gasteiger charge is 2.18. The van der Waals surface area contributed by atoms with Crippen LogP contribution in [0.25, 0.3) is 0 Å². The molecule has 136 valence electrons. The molecule has 0 bridgehead atoms. The van der Waals surface area contributed by atoms with E-state index in [0.717, 1.165) is 17.3 Å². The van der Waals surface area contributed by atoms with Crippen LogP contribution in [0.2, 0.25) is 5.02 Å². The molecule has 0 saturated heterocycles. The minimum absolute atomic E-state index is 0.0402. The molecule has 0 saturated carbocycles. The van der Waals surface area contributed by atoms with Crippen molar-refractivity contribution >= 4 is 29.6 Å². The van der Waals surface area contributed by atoms with Crippen LogP contribution in [-0.4, -0.2) is 52.5 Å². The Bertz CT molecular complexity index is 711. The third-order valence-corrected chi connectivity index (χ3v) is 3.32. The second-order valence-electron chi connectivity index (χ2n) is 4.85. The minimum Gasteiger partial charge on any atom is -0.492 e. The SMILES string of the molecule is CC(=N)N(CC(F)F)/C(N)=C(/C=N)CNC(=O)c1cnc(O)c(Cl)c1. The van der Waals surface area contributed by atoms with Crippen molar-refractivity contribution in [2.45, 2.75) is 13.3 Å². The number of amides is 1. The standard InChI is InChI=1S/C14H17ClF2N6O2/c1-7(19)23(6-11(16)17)12(20)9(3-18)5-21-13(24)8-2-10(15)14(25)22-4-8/h2-4,11,18-19H,5-6,20H2,1H3,(H,21,24)(H,22,25)/b12-9-,18-3?,19-7?. The van der Waals surface area contributed by atoms with Gasteiger partial charge in [-0.3, -0.25) is 10.2 Å². The van der Waals surface area contributed by atoms with E-state index < -0.39 is 24.8 Å². The first-order valence-corrected chi connectivity index (χ1v) is 7.27. The number of nitrogens with two attached hydrogens (primary N) is 1. The van der Waals surface area contributed by atoms with Crippen LogP contribution >= 0.6 is 11.6 Å². The number of rotatable bonds is 7. The van der Waals surface area contributed by atoms with E-state index in [0.29, 0.717) is 0 Å². The zero-order valence-corrected chi connectivity index (χ0v) is 13.9. The van der Waals surface area contributed by atoms with E-state index >= 15 is 0 Å². The van der Waals surface area contributed by atoms with Crippen molar-refractivity contribution in [1.82, 2.24) is 15.2 Å².